The molecular formula is C16H16FNO3. The van der Waals surface area contributed by atoms with Crippen LogP contribution >= 0.6 is 0 Å². The Balaban J connectivity index is 2.13. The molecule has 0 spiro atoms. The Morgan fingerprint density at radius 3 is 2.48 bits per heavy atom. The molecule has 2 aromatic carbocycles. The molecule has 0 aromatic heterocycles. The summed E-state index contributed by atoms with van der Waals surface area (Å²) in [6.45, 7) is 1.93. The van der Waals surface area contributed by atoms with Gasteiger partial charge in [-0.05, 0) is 48.9 Å². The number of nitrogens with one attached hydrogen (secondary N) is 1. The van der Waals surface area contributed by atoms with Gasteiger partial charge in [-0.15, -0.1) is 0 Å². The van der Waals surface area contributed by atoms with Crippen molar-refractivity contribution >= 4 is 11.7 Å². The van der Waals surface area contributed by atoms with Gasteiger partial charge in [0.05, 0.1) is 12.7 Å². The summed E-state index contributed by atoms with van der Waals surface area (Å²) in [6.07, 6.45) is 0. The van der Waals surface area contributed by atoms with Crippen molar-refractivity contribution in [1.82, 2.24) is 0 Å². The molecule has 2 aromatic rings. The molecule has 1 unspecified atom stereocenters. The molecule has 4 nitrogen and oxygen atoms in total. The predicted molar refractivity (Wildman–Crippen MR) is 78.4 cm³/mol. The van der Waals surface area contributed by atoms with Gasteiger partial charge in [0, 0.05) is 11.7 Å². The number of rotatable bonds is 5. The van der Waals surface area contributed by atoms with Crippen LogP contribution in [0.3, 0.4) is 0 Å². The molecule has 0 aliphatic rings. The van der Waals surface area contributed by atoms with Crippen molar-refractivity contribution in [2.75, 3.05) is 12.4 Å². The summed E-state index contributed by atoms with van der Waals surface area (Å²) in [7, 11) is 1.42. The van der Waals surface area contributed by atoms with Gasteiger partial charge in [-0.25, -0.2) is 9.18 Å². The monoisotopic (exact) mass is 289 g/mol. The van der Waals surface area contributed by atoms with Gasteiger partial charge in [0.25, 0.3) is 0 Å². The fourth-order valence-corrected chi connectivity index (χ4v) is 1.99. The van der Waals surface area contributed by atoms with Gasteiger partial charge >= 0.3 is 5.97 Å². The van der Waals surface area contributed by atoms with Crippen LogP contribution in [0.2, 0.25) is 0 Å². The largest absolute Gasteiger partial charge is 0.494 e. The number of carboxylic acids is 1. The van der Waals surface area contributed by atoms with Crippen LogP contribution in [0.15, 0.2) is 42.5 Å². The summed E-state index contributed by atoms with van der Waals surface area (Å²) in [6, 6.07) is 11.1. The van der Waals surface area contributed by atoms with Crippen molar-refractivity contribution in [1.29, 1.82) is 0 Å². The maximum Gasteiger partial charge on any atom is 0.335 e. The topological polar surface area (TPSA) is 58.6 Å². The molecule has 0 aliphatic heterocycles. The van der Waals surface area contributed by atoms with Gasteiger partial charge in [0.2, 0.25) is 0 Å². The Morgan fingerprint density at radius 1 is 1.24 bits per heavy atom. The highest BCUT2D eigenvalue weighted by molar-refractivity contribution is 5.88. The highest BCUT2D eigenvalue weighted by Gasteiger charge is 2.10. The second kappa shape index (κ2) is 6.26. The van der Waals surface area contributed by atoms with Crippen LogP contribution in [0.25, 0.3) is 0 Å². The second-order valence-corrected chi connectivity index (χ2v) is 4.64. The zero-order valence-corrected chi connectivity index (χ0v) is 11.8. The first-order valence-electron chi connectivity index (χ1n) is 6.44. The smallest absolute Gasteiger partial charge is 0.335 e. The van der Waals surface area contributed by atoms with E-state index in [0.29, 0.717) is 0 Å². The minimum absolute atomic E-state index is 0.0739. The third-order valence-electron chi connectivity index (χ3n) is 3.19. The Kier molecular flexibility index (Phi) is 4.42. The van der Waals surface area contributed by atoms with Crippen molar-refractivity contribution in [3.63, 3.8) is 0 Å². The van der Waals surface area contributed by atoms with Crippen LogP contribution in [0.4, 0.5) is 10.1 Å². The number of hydrogen-bond donors (Lipinski definition) is 2. The maximum atomic E-state index is 13.4. The lowest BCUT2D eigenvalue weighted by molar-refractivity contribution is 0.0697. The third-order valence-corrected chi connectivity index (χ3v) is 3.19. The molecule has 0 aliphatic carbocycles. The van der Waals surface area contributed by atoms with Gasteiger partial charge in [0.1, 0.15) is 0 Å². The van der Waals surface area contributed by atoms with Gasteiger partial charge in [-0.3, -0.25) is 0 Å². The van der Waals surface area contributed by atoms with Gasteiger partial charge in [-0.1, -0.05) is 6.07 Å². The fraction of sp³-hybridized carbons (Fsp3) is 0.188. The molecule has 2 N–H and O–H groups in total. The fourth-order valence-electron chi connectivity index (χ4n) is 1.99. The van der Waals surface area contributed by atoms with E-state index in [4.69, 9.17) is 9.84 Å². The van der Waals surface area contributed by atoms with E-state index in [2.05, 4.69) is 5.32 Å². The average molecular weight is 289 g/mol. The number of halogens is 1. The molecule has 5 heteroatoms. The molecular weight excluding hydrogens is 273 g/mol. The van der Waals surface area contributed by atoms with Gasteiger partial charge in [0.15, 0.2) is 11.6 Å². The van der Waals surface area contributed by atoms with Crippen molar-refractivity contribution in [3.05, 3.63) is 59.4 Å². The molecule has 0 bridgehead atoms. The van der Waals surface area contributed by atoms with Crippen molar-refractivity contribution in [2.24, 2.45) is 0 Å². The van der Waals surface area contributed by atoms with Gasteiger partial charge < -0.3 is 15.2 Å². The Bertz CT molecular complexity index is 640. The molecule has 2 rings (SSSR count). The zero-order chi connectivity index (χ0) is 15.4. The third kappa shape index (κ3) is 3.51. The molecule has 0 radical (unpaired) electrons. The molecule has 21 heavy (non-hydrogen) atoms. The first-order chi connectivity index (χ1) is 10.0. The SMILES string of the molecule is COc1cc(C(C)Nc2ccc(C(=O)O)cc2)ccc1F. The molecule has 0 saturated heterocycles. The van der Waals surface area contributed by atoms with E-state index in [9.17, 15) is 9.18 Å². The zero-order valence-electron chi connectivity index (χ0n) is 11.8. The van der Waals surface area contributed by atoms with E-state index in [1.807, 2.05) is 6.92 Å². The maximum absolute atomic E-state index is 13.4. The van der Waals surface area contributed by atoms with Crippen molar-refractivity contribution in [3.8, 4) is 5.75 Å². The summed E-state index contributed by atoms with van der Waals surface area (Å²) in [4.78, 5) is 10.8. The van der Waals surface area contributed by atoms with Crippen LogP contribution in [-0.4, -0.2) is 18.2 Å². The van der Waals surface area contributed by atoms with E-state index in [0.717, 1.165) is 11.3 Å². The lowest BCUT2D eigenvalue weighted by atomic mass is 10.1. The number of anilines is 1. The first-order valence-corrected chi connectivity index (χ1v) is 6.44. The highest BCUT2D eigenvalue weighted by atomic mass is 19.1. The van der Waals surface area contributed by atoms with Gasteiger partial charge in [-0.2, -0.15) is 0 Å². The molecule has 0 amide bonds. The minimum atomic E-state index is -0.960. The highest BCUT2D eigenvalue weighted by Crippen LogP contribution is 2.25. The lowest BCUT2D eigenvalue weighted by Gasteiger charge is -2.17. The van der Waals surface area contributed by atoms with Crippen LogP contribution in [-0.2, 0) is 0 Å². The van der Waals surface area contributed by atoms with Crippen LogP contribution < -0.4 is 10.1 Å². The molecule has 110 valence electrons. The molecule has 0 fully saturated rings. The standard InChI is InChI=1S/C16H16FNO3/c1-10(12-5-8-14(17)15(9-12)21-2)18-13-6-3-11(4-7-13)16(19)20/h3-10,18H,1-2H3,(H,19,20). The Labute approximate surface area is 122 Å². The van der Waals surface area contributed by atoms with Crippen LogP contribution in [0, 0.1) is 5.82 Å². The molecule has 0 heterocycles. The number of carboxylic acid groups (broad SMARTS) is 1. The van der Waals surface area contributed by atoms with E-state index >= 15 is 0 Å². The minimum Gasteiger partial charge on any atom is -0.494 e. The van der Waals surface area contributed by atoms with E-state index < -0.39 is 11.8 Å². The average Bonchev–Trinajstić information content (AvgIpc) is 2.48. The van der Waals surface area contributed by atoms with Crippen molar-refractivity contribution in [2.45, 2.75) is 13.0 Å². The number of aromatic carboxylic acids is 1. The first kappa shape index (κ1) is 14.8. The van der Waals surface area contributed by atoms with Crippen molar-refractivity contribution < 1.29 is 19.0 Å². The summed E-state index contributed by atoms with van der Waals surface area (Å²) < 4.78 is 18.3. The Hall–Kier alpha value is -2.56. The van der Waals surface area contributed by atoms with E-state index in [1.165, 1.54) is 25.3 Å². The number of hydrogen-bond acceptors (Lipinski definition) is 3. The number of ether oxygens (including phenoxy) is 1. The van der Waals surface area contributed by atoms with E-state index in [1.54, 1.807) is 24.3 Å². The summed E-state index contributed by atoms with van der Waals surface area (Å²) in [5, 5.41) is 12.1. The quantitative estimate of drug-likeness (QED) is 0.881. The summed E-state index contributed by atoms with van der Waals surface area (Å²) >= 11 is 0. The van der Waals surface area contributed by atoms with E-state index in [-0.39, 0.29) is 17.4 Å². The summed E-state index contributed by atoms with van der Waals surface area (Å²) in [5.74, 6) is -1.17. The number of benzene rings is 2. The number of methoxy groups -OCH3 is 1. The predicted octanol–water partition coefficient (Wildman–Crippen LogP) is 3.71. The Morgan fingerprint density at radius 2 is 1.90 bits per heavy atom. The number of carbonyl (C=O) groups is 1. The normalized spacial score (nSPS) is 11.8. The molecule has 0 saturated carbocycles. The lowest BCUT2D eigenvalue weighted by Crippen LogP contribution is -2.07. The second-order valence-electron chi connectivity index (χ2n) is 4.64. The van der Waals surface area contributed by atoms with Crippen LogP contribution in [0.5, 0.6) is 5.75 Å². The molecule has 1 atom stereocenters. The summed E-state index contributed by atoms with van der Waals surface area (Å²) in [5.41, 5.74) is 1.89. The van der Waals surface area contributed by atoms with Crippen LogP contribution in [0.1, 0.15) is 28.9 Å².